The molecule has 0 aliphatic heterocycles. The Hall–Kier alpha value is -0.410. The van der Waals surface area contributed by atoms with Gasteiger partial charge in [-0.2, -0.15) is 0 Å². The predicted octanol–water partition coefficient (Wildman–Crippen LogP) is 0.982. The molecule has 76 valence electrons. The van der Waals surface area contributed by atoms with Gasteiger partial charge < -0.3 is 10.1 Å². The normalized spacial score (nSPS) is 17.9. The molecule has 1 aliphatic rings. The van der Waals surface area contributed by atoms with E-state index in [0.29, 0.717) is 24.9 Å². The predicted molar refractivity (Wildman–Crippen MR) is 51.7 cm³/mol. The molecule has 0 unspecified atom stereocenters. The standard InChI is InChI=1S/C10H19NO2/c1-13-7-6-11-8-10(12)9-4-2-3-5-9/h9,11H,2-8H2,1H3. The van der Waals surface area contributed by atoms with Crippen molar-refractivity contribution in [3.63, 3.8) is 0 Å². The van der Waals surface area contributed by atoms with Crippen LogP contribution in [0.5, 0.6) is 0 Å². The van der Waals surface area contributed by atoms with Crippen LogP contribution in [0.15, 0.2) is 0 Å². The van der Waals surface area contributed by atoms with Crippen LogP contribution in [0.4, 0.5) is 0 Å². The SMILES string of the molecule is COCCNCC(=O)C1CCCC1. The number of nitrogens with one attached hydrogen (secondary N) is 1. The molecule has 0 radical (unpaired) electrons. The minimum atomic E-state index is 0.343. The molecule has 0 amide bonds. The molecule has 3 heteroatoms. The van der Waals surface area contributed by atoms with Crippen LogP contribution in [-0.2, 0) is 9.53 Å². The lowest BCUT2D eigenvalue weighted by atomic mass is 10.0. The van der Waals surface area contributed by atoms with Gasteiger partial charge in [-0.05, 0) is 12.8 Å². The number of hydrogen-bond acceptors (Lipinski definition) is 3. The molecular formula is C10H19NO2. The average Bonchev–Trinajstić information content (AvgIpc) is 2.65. The molecule has 0 heterocycles. The van der Waals surface area contributed by atoms with Crippen LogP contribution in [0.3, 0.4) is 0 Å². The number of hydrogen-bond donors (Lipinski definition) is 1. The average molecular weight is 185 g/mol. The van der Waals surface area contributed by atoms with Crippen molar-refractivity contribution >= 4 is 5.78 Å². The molecule has 0 aromatic rings. The van der Waals surface area contributed by atoms with Gasteiger partial charge >= 0.3 is 0 Å². The first kappa shape index (κ1) is 10.7. The molecule has 3 nitrogen and oxygen atoms in total. The Labute approximate surface area is 79.8 Å². The summed E-state index contributed by atoms with van der Waals surface area (Å²) in [4.78, 5) is 11.5. The van der Waals surface area contributed by atoms with Gasteiger partial charge in [0.15, 0.2) is 0 Å². The van der Waals surface area contributed by atoms with Gasteiger partial charge in [-0.15, -0.1) is 0 Å². The van der Waals surface area contributed by atoms with Gasteiger partial charge in [-0.25, -0.2) is 0 Å². The minimum Gasteiger partial charge on any atom is -0.383 e. The number of methoxy groups -OCH3 is 1. The molecule has 1 fully saturated rings. The highest BCUT2D eigenvalue weighted by Gasteiger charge is 2.21. The first-order chi connectivity index (χ1) is 6.34. The smallest absolute Gasteiger partial charge is 0.149 e. The van der Waals surface area contributed by atoms with Crippen molar-refractivity contribution < 1.29 is 9.53 Å². The molecular weight excluding hydrogens is 166 g/mol. The third-order valence-corrected chi connectivity index (χ3v) is 2.59. The summed E-state index contributed by atoms with van der Waals surface area (Å²) in [5.74, 6) is 0.726. The van der Waals surface area contributed by atoms with Crippen molar-refractivity contribution in [2.45, 2.75) is 25.7 Å². The van der Waals surface area contributed by atoms with Gasteiger partial charge in [0.1, 0.15) is 5.78 Å². The van der Waals surface area contributed by atoms with Crippen molar-refractivity contribution in [1.82, 2.24) is 5.32 Å². The Bertz CT molecular complexity index is 153. The van der Waals surface area contributed by atoms with Crippen molar-refractivity contribution in [1.29, 1.82) is 0 Å². The maximum Gasteiger partial charge on any atom is 0.149 e. The Kier molecular flexibility index (Phi) is 5.01. The van der Waals surface area contributed by atoms with Gasteiger partial charge in [-0.3, -0.25) is 4.79 Å². The van der Waals surface area contributed by atoms with E-state index in [1.807, 2.05) is 0 Å². The number of carbonyl (C=O) groups excluding carboxylic acids is 1. The first-order valence-electron chi connectivity index (χ1n) is 5.07. The minimum absolute atomic E-state index is 0.343. The van der Waals surface area contributed by atoms with Crippen molar-refractivity contribution in [2.75, 3.05) is 26.8 Å². The lowest BCUT2D eigenvalue weighted by molar-refractivity contribution is -0.121. The first-order valence-corrected chi connectivity index (χ1v) is 5.07. The second kappa shape index (κ2) is 6.11. The number of carbonyl (C=O) groups is 1. The fourth-order valence-corrected chi connectivity index (χ4v) is 1.78. The van der Waals surface area contributed by atoms with Crippen LogP contribution in [0.25, 0.3) is 0 Å². The van der Waals surface area contributed by atoms with E-state index in [1.165, 1.54) is 12.8 Å². The van der Waals surface area contributed by atoms with E-state index in [2.05, 4.69) is 5.32 Å². The Balaban J connectivity index is 2.03. The van der Waals surface area contributed by atoms with Crippen molar-refractivity contribution in [3.05, 3.63) is 0 Å². The lowest BCUT2D eigenvalue weighted by Crippen LogP contribution is -2.29. The summed E-state index contributed by atoms with van der Waals surface area (Å²) in [5.41, 5.74) is 0. The zero-order chi connectivity index (χ0) is 9.52. The summed E-state index contributed by atoms with van der Waals surface area (Å²) in [6.45, 7) is 1.97. The summed E-state index contributed by atoms with van der Waals surface area (Å²) in [5, 5.41) is 3.09. The molecule has 13 heavy (non-hydrogen) atoms. The van der Waals surface area contributed by atoms with Gasteiger partial charge in [0, 0.05) is 19.6 Å². The zero-order valence-corrected chi connectivity index (χ0v) is 8.34. The van der Waals surface area contributed by atoms with Gasteiger partial charge in [0.2, 0.25) is 0 Å². The number of Topliss-reactive ketones (excluding diaryl/α,β-unsaturated/α-hetero) is 1. The monoisotopic (exact) mass is 185 g/mol. The molecule has 1 rings (SSSR count). The second-order valence-corrected chi connectivity index (χ2v) is 3.62. The quantitative estimate of drug-likeness (QED) is 0.627. The van der Waals surface area contributed by atoms with Gasteiger partial charge in [0.05, 0.1) is 13.2 Å². The van der Waals surface area contributed by atoms with E-state index >= 15 is 0 Å². The van der Waals surface area contributed by atoms with Crippen LogP contribution in [0.2, 0.25) is 0 Å². The van der Waals surface area contributed by atoms with E-state index in [4.69, 9.17) is 4.74 Å². The lowest BCUT2D eigenvalue weighted by Gasteiger charge is -2.08. The molecule has 0 atom stereocenters. The summed E-state index contributed by atoms with van der Waals surface area (Å²) in [6, 6.07) is 0. The van der Waals surface area contributed by atoms with Crippen molar-refractivity contribution in [3.8, 4) is 0 Å². The van der Waals surface area contributed by atoms with Gasteiger partial charge in [-0.1, -0.05) is 12.8 Å². The maximum atomic E-state index is 11.5. The molecule has 0 bridgehead atoms. The van der Waals surface area contributed by atoms with Crippen molar-refractivity contribution in [2.24, 2.45) is 5.92 Å². The molecule has 0 saturated heterocycles. The Morgan fingerprint density at radius 3 is 2.77 bits per heavy atom. The second-order valence-electron chi connectivity index (χ2n) is 3.62. The van der Waals surface area contributed by atoms with E-state index < -0.39 is 0 Å². The maximum absolute atomic E-state index is 11.5. The highest BCUT2D eigenvalue weighted by atomic mass is 16.5. The molecule has 0 aromatic heterocycles. The van der Waals surface area contributed by atoms with Crippen LogP contribution in [0.1, 0.15) is 25.7 Å². The third kappa shape index (κ3) is 3.87. The number of ketones is 1. The van der Waals surface area contributed by atoms with E-state index in [1.54, 1.807) is 7.11 Å². The van der Waals surface area contributed by atoms with E-state index in [-0.39, 0.29) is 0 Å². The van der Waals surface area contributed by atoms with Crippen LogP contribution < -0.4 is 5.32 Å². The van der Waals surface area contributed by atoms with Gasteiger partial charge in [0.25, 0.3) is 0 Å². The highest BCUT2D eigenvalue weighted by Crippen LogP contribution is 2.24. The fraction of sp³-hybridized carbons (Fsp3) is 0.900. The summed E-state index contributed by atoms with van der Waals surface area (Å²) >= 11 is 0. The molecule has 1 saturated carbocycles. The third-order valence-electron chi connectivity index (χ3n) is 2.59. The Morgan fingerprint density at radius 2 is 2.15 bits per heavy atom. The zero-order valence-electron chi connectivity index (χ0n) is 8.34. The van der Waals surface area contributed by atoms with E-state index in [0.717, 1.165) is 19.4 Å². The summed E-state index contributed by atoms with van der Waals surface area (Å²) in [6.07, 6.45) is 4.67. The molecule has 1 N–H and O–H groups in total. The topological polar surface area (TPSA) is 38.3 Å². The molecule has 0 spiro atoms. The highest BCUT2D eigenvalue weighted by molar-refractivity contribution is 5.83. The van der Waals surface area contributed by atoms with Crippen LogP contribution in [-0.4, -0.2) is 32.6 Å². The fourth-order valence-electron chi connectivity index (χ4n) is 1.78. The summed E-state index contributed by atoms with van der Waals surface area (Å²) < 4.78 is 4.88. The number of ether oxygens (including phenoxy) is 1. The largest absolute Gasteiger partial charge is 0.383 e. The number of rotatable bonds is 6. The van der Waals surface area contributed by atoms with Crippen LogP contribution in [0, 0.1) is 5.92 Å². The summed E-state index contributed by atoms with van der Waals surface area (Å²) in [7, 11) is 1.67. The molecule has 0 aromatic carbocycles. The van der Waals surface area contributed by atoms with Crippen LogP contribution >= 0.6 is 0 Å². The Morgan fingerprint density at radius 1 is 1.46 bits per heavy atom. The molecule has 1 aliphatic carbocycles. The van der Waals surface area contributed by atoms with E-state index in [9.17, 15) is 4.79 Å².